The normalized spacial score (nSPS) is 12.0. The Kier molecular flexibility index (Phi) is 6.22. The second kappa shape index (κ2) is 9.39. The Hall–Kier alpha value is -3.73. The van der Waals surface area contributed by atoms with Gasteiger partial charge in [-0.3, -0.25) is 4.79 Å². The number of hydrogen-bond acceptors (Lipinski definition) is 5. The van der Waals surface area contributed by atoms with E-state index in [9.17, 15) is 4.79 Å². The van der Waals surface area contributed by atoms with E-state index in [1.165, 1.54) is 0 Å². The van der Waals surface area contributed by atoms with E-state index in [1.54, 1.807) is 6.92 Å². The monoisotopic (exact) mass is 412 g/mol. The summed E-state index contributed by atoms with van der Waals surface area (Å²) in [5.41, 5.74) is 4.11. The molecular weight excluding hydrogens is 388 g/mol. The van der Waals surface area contributed by atoms with Crippen molar-refractivity contribution in [2.45, 2.75) is 32.3 Å². The van der Waals surface area contributed by atoms with E-state index in [1.807, 2.05) is 91.9 Å². The quantitative estimate of drug-likeness (QED) is 0.355. The Morgan fingerprint density at radius 2 is 1.45 bits per heavy atom. The third-order valence-corrected chi connectivity index (χ3v) is 5.17. The van der Waals surface area contributed by atoms with Gasteiger partial charge in [-0.15, -0.1) is 10.2 Å². The average Bonchev–Trinajstić information content (AvgIpc) is 3.30. The summed E-state index contributed by atoms with van der Waals surface area (Å²) in [4.78, 5) is 12.8. The number of ether oxygens (including phenoxy) is 1. The SMILES string of the molecule is Cc1ccc(-c2nnc(C(C)OC(=O)CC(c3ccccc3)c3ccccc3)o2)cc1. The maximum absolute atomic E-state index is 12.8. The van der Waals surface area contributed by atoms with Crippen LogP contribution in [0.5, 0.6) is 0 Å². The van der Waals surface area contributed by atoms with Crippen LogP contribution >= 0.6 is 0 Å². The molecule has 0 aliphatic carbocycles. The minimum Gasteiger partial charge on any atom is -0.453 e. The molecule has 0 aliphatic heterocycles. The first kappa shape index (κ1) is 20.5. The lowest BCUT2D eigenvalue weighted by molar-refractivity contribution is -0.149. The molecule has 0 N–H and O–H groups in total. The lowest BCUT2D eigenvalue weighted by atomic mass is 9.88. The van der Waals surface area contributed by atoms with E-state index in [2.05, 4.69) is 10.2 Å². The summed E-state index contributed by atoms with van der Waals surface area (Å²) in [6.07, 6.45) is -0.413. The molecule has 1 unspecified atom stereocenters. The molecule has 0 fully saturated rings. The van der Waals surface area contributed by atoms with Crippen molar-refractivity contribution in [1.82, 2.24) is 10.2 Å². The molecule has 4 aromatic rings. The molecule has 4 rings (SSSR count). The van der Waals surface area contributed by atoms with Crippen LogP contribution in [0.4, 0.5) is 0 Å². The fourth-order valence-corrected chi connectivity index (χ4v) is 3.47. The maximum atomic E-state index is 12.8. The van der Waals surface area contributed by atoms with Gasteiger partial charge in [0, 0.05) is 11.5 Å². The van der Waals surface area contributed by atoms with Gasteiger partial charge in [0.25, 0.3) is 5.89 Å². The van der Waals surface area contributed by atoms with Crippen molar-refractivity contribution in [3.8, 4) is 11.5 Å². The van der Waals surface area contributed by atoms with E-state index in [0.717, 1.165) is 22.3 Å². The number of aryl methyl sites for hydroxylation is 1. The van der Waals surface area contributed by atoms with Crippen molar-refractivity contribution in [3.63, 3.8) is 0 Å². The van der Waals surface area contributed by atoms with Crippen LogP contribution in [0.25, 0.3) is 11.5 Å². The van der Waals surface area contributed by atoms with Gasteiger partial charge in [0.05, 0.1) is 6.42 Å². The second-order valence-corrected chi connectivity index (χ2v) is 7.52. The molecule has 0 spiro atoms. The van der Waals surface area contributed by atoms with E-state index in [4.69, 9.17) is 9.15 Å². The van der Waals surface area contributed by atoms with Gasteiger partial charge in [0.2, 0.25) is 5.89 Å². The van der Waals surface area contributed by atoms with Crippen molar-refractivity contribution < 1.29 is 13.9 Å². The Morgan fingerprint density at radius 1 is 0.871 bits per heavy atom. The number of rotatable bonds is 7. The zero-order valence-electron chi connectivity index (χ0n) is 17.6. The molecule has 3 aromatic carbocycles. The minimum absolute atomic E-state index is 0.0899. The van der Waals surface area contributed by atoms with Crippen LogP contribution in [0.15, 0.2) is 89.3 Å². The van der Waals surface area contributed by atoms with Crippen molar-refractivity contribution in [2.24, 2.45) is 0 Å². The van der Waals surface area contributed by atoms with E-state index < -0.39 is 6.10 Å². The predicted octanol–water partition coefficient (Wildman–Crippen LogP) is 5.87. The van der Waals surface area contributed by atoms with Crippen LogP contribution in [0, 0.1) is 6.92 Å². The van der Waals surface area contributed by atoms with Gasteiger partial charge < -0.3 is 9.15 Å². The van der Waals surface area contributed by atoms with Crippen molar-refractivity contribution in [2.75, 3.05) is 0 Å². The number of nitrogens with zero attached hydrogens (tertiary/aromatic N) is 2. The highest BCUT2D eigenvalue weighted by Crippen LogP contribution is 2.30. The zero-order valence-corrected chi connectivity index (χ0v) is 17.6. The Labute approximate surface area is 181 Å². The van der Waals surface area contributed by atoms with Gasteiger partial charge in [0.1, 0.15) is 0 Å². The standard InChI is InChI=1S/C26H24N2O3/c1-18-13-15-22(16-14-18)26-28-27-25(31-26)19(2)30-24(29)17-23(20-9-5-3-6-10-20)21-11-7-4-8-12-21/h3-16,19,23H,17H2,1-2H3. The van der Waals surface area contributed by atoms with Gasteiger partial charge >= 0.3 is 5.97 Å². The van der Waals surface area contributed by atoms with Gasteiger partial charge in [-0.1, -0.05) is 78.4 Å². The van der Waals surface area contributed by atoms with Crippen molar-refractivity contribution in [3.05, 3.63) is 108 Å². The lowest BCUT2D eigenvalue weighted by Crippen LogP contribution is -2.14. The number of esters is 1. The maximum Gasteiger partial charge on any atom is 0.307 e. The van der Waals surface area contributed by atoms with Crippen molar-refractivity contribution in [1.29, 1.82) is 0 Å². The van der Waals surface area contributed by atoms with Crippen LogP contribution in [-0.2, 0) is 9.53 Å². The van der Waals surface area contributed by atoms with E-state index >= 15 is 0 Å². The first-order chi connectivity index (χ1) is 15.1. The van der Waals surface area contributed by atoms with Gasteiger partial charge in [-0.2, -0.15) is 0 Å². The average molecular weight is 412 g/mol. The molecule has 31 heavy (non-hydrogen) atoms. The summed E-state index contributed by atoms with van der Waals surface area (Å²) < 4.78 is 11.4. The molecule has 0 aliphatic rings. The highest BCUT2D eigenvalue weighted by atomic mass is 16.6. The molecule has 5 heteroatoms. The fraction of sp³-hybridized carbons (Fsp3) is 0.192. The smallest absolute Gasteiger partial charge is 0.307 e. The van der Waals surface area contributed by atoms with Crippen molar-refractivity contribution >= 4 is 5.97 Å². The Bertz CT molecular complexity index is 1080. The summed E-state index contributed by atoms with van der Waals surface area (Å²) in [6, 6.07) is 27.8. The molecule has 1 heterocycles. The molecule has 0 bridgehead atoms. The van der Waals surface area contributed by atoms with Crippen LogP contribution in [0.1, 0.15) is 47.9 Å². The molecule has 156 valence electrons. The summed E-state index contributed by atoms with van der Waals surface area (Å²) >= 11 is 0. The summed E-state index contributed by atoms with van der Waals surface area (Å²) in [7, 11) is 0. The van der Waals surface area contributed by atoms with Crippen LogP contribution in [-0.4, -0.2) is 16.2 Å². The van der Waals surface area contributed by atoms with Gasteiger partial charge in [0.15, 0.2) is 6.10 Å². The first-order valence-corrected chi connectivity index (χ1v) is 10.3. The Morgan fingerprint density at radius 3 is 2.03 bits per heavy atom. The second-order valence-electron chi connectivity index (χ2n) is 7.52. The Balaban J connectivity index is 1.46. The molecule has 0 saturated heterocycles. The van der Waals surface area contributed by atoms with Gasteiger partial charge in [-0.05, 0) is 37.1 Å². The number of benzene rings is 3. The van der Waals surface area contributed by atoms with E-state index in [0.29, 0.717) is 5.89 Å². The number of hydrogen-bond donors (Lipinski definition) is 0. The molecule has 0 amide bonds. The molecule has 5 nitrogen and oxygen atoms in total. The predicted molar refractivity (Wildman–Crippen MR) is 118 cm³/mol. The number of carbonyl (C=O) groups is 1. The zero-order chi connectivity index (χ0) is 21.6. The molecule has 0 saturated carbocycles. The highest BCUT2D eigenvalue weighted by molar-refractivity contribution is 5.71. The summed E-state index contributed by atoms with van der Waals surface area (Å²) in [6.45, 7) is 3.76. The topological polar surface area (TPSA) is 65.2 Å². The minimum atomic E-state index is -0.633. The van der Waals surface area contributed by atoms with Crippen LogP contribution in [0.2, 0.25) is 0 Å². The fourth-order valence-electron chi connectivity index (χ4n) is 3.47. The van der Waals surface area contributed by atoms with Crippen LogP contribution < -0.4 is 0 Å². The molecule has 1 aromatic heterocycles. The number of carbonyl (C=O) groups excluding carboxylic acids is 1. The third kappa shape index (κ3) is 5.07. The van der Waals surface area contributed by atoms with Gasteiger partial charge in [-0.25, -0.2) is 0 Å². The lowest BCUT2D eigenvalue weighted by Gasteiger charge is -2.18. The highest BCUT2D eigenvalue weighted by Gasteiger charge is 2.23. The summed E-state index contributed by atoms with van der Waals surface area (Å²) in [5.74, 6) is 0.275. The first-order valence-electron chi connectivity index (χ1n) is 10.3. The van der Waals surface area contributed by atoms with Crippen LogP contribution in [0.3, 0.4) is 0 Å². The largest absolute Gasteiger partial charge is 0.453 e. The molecule has 0 radical (unpaired) electrons. The molecular formula is C26H24N2O3. The molecule has 1 atom stereocenters. The number of aromatic nitrogens is 2. The third-order valence-electron chi connectivity index (χ3n) is 5.17. The summed E-state index contributed by atoms with van der Waals surface area (Å²) in [5, 5.41) is 8.16. The van der Waals surface area contributed by atoms with E-state index in [-0.39, 0.29) is 24.2 Å².